The lowest BCUT2D eigenvalue weighted by Crippen LogP contribution is -2.36. The van der Waals surface area contributed by atoms with Gasteiger partial charge in [0.25, 0.3) is 0 Å². The average Bonchev–Trinajstić information content (AvgIpc) is 3.90. The molecule has 0 spiro atoms. The zero-order valence-electron chi connectivity index (χ0n) is 37.3. The molecule has 66 heavy (non-hydrogen) atoms. The highest BCUT2D eigenvalue weighted by Crippen LogP contribution is 2.39. The topological polar surface area (TPSA) is 211 Å². The molecule has 0 saturated carbocycles. The molecule has 3 N–H and O–H groups in total. The summed E-state index contributed by atoms with van der Waals surface area (Å²) in [4.78, 5) is 96.9. The molecule has 18 heteroatoms. The second-order valence-electron chi connectivity index (χ2n) is 16.4. The van der Waals surface area contributed by atoms with Gasteiger partial charge in [0.05, 0.1) is 26.8 Å². The second kappa shape index (κ2) is 20.2. The van der Waals surface area contributed by atoms with Crippen molar-refractivity contribution in [2.24, 2.45) is 0 Å². The van der Waals surface area contributed by atoms with Gasteiger partial charge in [-0.1, -0.05) is 0 Å². The van der Waals surface area contributed by atoms with Crippen molar-refractivity contribution in [3.63, 3.8) is 0 Å². The molecule has 1 saturated heterocycles. The number of carbonyl (C=O) groups excluding carboxylic acids is 3. The molecule has 6 aromatic heterocycles. The number of aldehydes is 3. The SMILES string of the molecule is Cc1c(C=O)sc(-c2cc(CN3CCN(Cc4cc(-c5sc(C(=O)O)c(C)c5C)cc(C=O)n4)CCN(Cc4cc(-c5sc(C=O)c(C)c5C)cc(C(=O)O)n4)CC3)nc(C(=O)O)c2)c1C. The zero-order valence-corrected chi connectivity index (χ0v) is 39.7. The number of thiophene rings is 3. The number of carboxylic acid groups (broad SMARTS) is 3. The number of carboxylic acids is 3. The van der Waals surface area contributed by atoms with Gasteiger partial charge in [0.2, 0.25) is 0 Å². The summed E-state index contributed by atoms with van der Waals surface area (Å²) in [6, 6.07) is 10.4. The summed E-state index contributed by atoms with van der Waals surface area (Å²) in [6.07, 6.45) is 2.30. The third kappa shape index (κ3) is 10.3. The van der Waals surface area contributed by atoms with E-state index in [-0.39, 0.29) is 22.0 Å². The van der Waals surface area contributed by atoms with Crippen LogP contribution >= 0.6 is 34.0 Å². The first kappa shape index (κ1) is 47.8. The van der Waals surface area contributed by atoms with E-state index in [9.17, 15) is 44.1 Å². The first-order valence-corrected chi connectivity index (χ1v) is 23.5. The molecule has 15 nitrogen and oxygen atoms in total. The molecule has 0 radical (unpaired) electrons. The van der Waals surface area contributed by atoms with Gasteiger partial charge in [0.15, 0.2) is 18.9 Å². The number of pyridine rings is 3. The van der Waals surface area contributed by atoms with Crippen molar-refractivity contribution in [1.82, 2.24) is 29.7 Å². The molecular formula is C48H48N6O9S3. The van der Waals surface area contributed by atoms with Crippen molar-refractivity contribution in [3.05, 3.63) is 119 Å². The molecule has 0 aromatic carbocycles. The molecule has 1 aliphatic rings. The molecule has 0 bridgehead atoms. The standard InChI is InChI=1S/C48H48N6O9S3/c1-25-27(3)42(64-40(25)23-56)32-14-35(50-38(17-32)46(58)59)20-53-9-7-52(19-34-13-31(16-37(22-55)49-34)44-29(5)30(6)45(66-44)48(62)63)8-10-54(12-11-53)21-36-15-33(18-39(51-36)47(60)61)43-28(4)26(2)41(24-57)65-43/h13-18,22-24H,7-12,19-21H2,1-6H3,(H,58,59)(H,60,61)(H,62,63). The number of hydrogen-bond acceptors (Lipinski definition) is 15. The molecule has 6 aromatic rings. The fourth-order valence-corrected chi connectivity index (χ4v) is 11.5. The minimum atomic E-state index is -1.18. The normalized spacial score (nSPS) is 14.1. The Morgan fingerprint density at radius 3 is 1.18 bits per heavy atom. The molecule has 0 unspecified atom stereocenters. The maximum Gasteiger partial charge on any atom is 0.354 e. The third-order valence-corrected chi connectivity index (χ3v) is 16.3. The highest BCUT2D eigenvalue weighted by Gasteiger charge is 2.24. The summed E-state index contributed by atoms with van der Waals surface area (Å²) in [5.74, 6) is -3.37. The van der Waals surface area contributed by atoms with Gasteiger partial charge in [-0.05, 0) is 128 Å². The maximum atomic E-state index is 12.4. The van der Waals surface area contributed by atoms with E-state index in [1.54, 1.807) is 13.0 Å². The van der Waals surface area contributed by atoms with Gasteiger partial charge in [0, 0.05) is 73.5 Å². The van der Waals surface area contributed by atoms with Gasteiger partial charge in [-0.25, -0.2) is 29.3 Å². The van der Waals surface area contributed by atoms with E-state index in [0.717, 1.165) is 66.4 Å². The van der Waals surface area contributed by atoms with Gasteiger partial charge < -0.3 is 15.3 Å². The minimum Gasteiger partial charge on any atom is -0.477 e. The summed E-state index contributed by atoms with van der Waals surface area (Å²) in [6.45, 7) is 15.3. The fourth-order valence-electron chi connectivity index (χ4n) is 8.13. The molecule has 7 rings (SSSR count). The molecule has 7 heterocycles. The van der Waals surface area contributed by atoms with Gasteiger partial charge in [-0.15, -0.1) is 34.0 Å². The highest BCUT2D eigenvalue weighted by molar-refractivity contribution is 7.18. The first-order valence-electron chi connectivity index (χ1n) is 21.0. The van der Waals surface area contributed by atoms with Crippen molar-refractivity contribution in [1.29, 1.82) is 0 Å². The van der Waals surface area contributed by atoms with Crippen molar-refractivity contribution in [2.45, 2.75) is 61.2 Å². The predicted molar refractivity (Wildman–Crippen MR) is 254 cm³/mol. The van der Waals surface area contributed by atoms with Crippen LogP contribution in [0.1, 0.15) is 111 Å². The summed E-state index contributed by atoms with van der Waals surface area (Å²) >= 11 is 3.78. The van der Waals surface area contributed by atoms with E-state index < -0.39 is 17.9 Å². The van der Waals surface area contributed by atoms with Gasteiger partial charge in [-0.3, -0.25) is 29.1 Å². The number of aromatic nitrogens is 3. The number of hydrogen-bond donors (Lipinski definition) is 3. The first-order chi connectivity index (χ1) is 31.5. The zero-order chi connectivity index (χ0) is 47.6. The van der Waals surface area contributed by atoms with Crippen molar-refractivity contribution in [2.75, 3.05) is 39.3 Å². The monoisotopic (exact) mass is 948 g/mol. The second-order valence-corrected chi connectivity index (χ2v) is 19.6. The van der Waals surface area contributed by atoms with Crippen LogP contribution in [0.2, 0.25) is 0 Å². The Labute approximate surface area is 393 Å². The maximum absolute atomic E-state index is 12.4. The molecule has 1 fully saturated rings. The van der Waals surface area contributed by atoms with Gasteiger partial charge in [0.1, 0.15) is 22.0 Å². The number of carbonyl (C=O) groups is 6. The molecular weight excluding hydrogens is 901 g/mol. The average molecular weight is 949 g/mol. The van der Waals surface area contributed by atoms with Crippen molar-refractivity contribution >= 4 is 70.8 Å². The summed E-state index contributed by atoms with van der Waals surface area (Å²) in [7, 11) is 0. The van der Waals surface area contributed by atoms with E-state index in [4.69, 9.17) is 0 Å². The molecule has 342 valence electrons. The third-order valence-electron chi connectivity index (χ3n) is 12.2. The van der Waals surface area contributed by atoms with Crippen LogP contribution in [-0.4, -0.2) is 121 Å². The van der Waals surface area contributed by atoms with E-state index in [0.29, 0.717) is 114 Å². The quantitative estimate of drug-likeness (QED) is 0.0827. The predicted octanol–water partition coefficient (Wildman–Crippen LogP) is 8.26. The van der Waals surface area contributed by atoms with E-state index in [1.807, 2.05) is 52.8 Å². The van der Waals surface area contributed by atoms with E-state index in [1.165, 1.54) is 34.8 Å². The van der Waals surface area contributed by atoms with E-state index in [2.05, 4.69) is 29.7 Å². The van der Waals surface area contributed by atoms with Crippen LogP contribution in [0, 0.1) is 41.5 Å². The van der Waals surface area contributed by atoms with Crippen LogP contribution in [-0.2, 0) is 19.6 Å². The molecule has 0 atom stereocenters. The smallest absolute Gasteiger partial charge is 0.354 e. The number of rotatable bonds is 15. The summed E-state index contributed by atoms with van der Waals surface area (Å²) in [5.41, 5.74) is 8.61. The molecule has 0 amide bonds. The van der Waals surface area contributed by atoms with Crippen LogP contribution in [0.15, 0.2) is 36.4 Å². The highest BCUT2D eigenvalue weighted by atomic mass is 32.1. The van der Waals surface area contributed by atoms with Gasteiger partial charge >= 0.3 is 17.9 Å². The lowest BCUT2D eigenvalue weighted by atomic mass is 10.1. The Bertz CT molecular complexity index is 2780. The van der Waals surface area contributed by atoms with Crippen LogP contribution in [0.5, 0.6) is 0 Å². The Morgan fingerprint density at radius 1 is 0.485 bits per heavy atom. The Morgan fingerprint density at radius 2 is 0.848 bits per heavy atom. The van der Waals surface area contributed by atoms with Crippen molar-refractivity contribution in [3.8, 4) is 31.3 Å². The molecule has 0 aliphatic carbocycles. The van der Waals surface area contributed by atoms with Crippen LogP contribution in [0.3, 0.4) is 0 Å². The Kier molecular flexibility index (Phi) is 14.6. The minimum absolute atomic E-state index is 0.117. The number of nitrogens with zero attached hydrogens (tertiary/aromatic N) is 6. The Hall–Kier alpha value is -6.15. The van der Waals surface area contributed by atoms with Gasteiger partial charge in [-0.2, -0.15) is 0 Å². The van der Waals surface area contributed by atoms with Crippen LogP contribution in [0.4, 0.5) is 0 Å². The largest absolute Gasteiger partial charge is 0.477 e. The lowest BCUT2D eigenvalue weighted by Gasteiger charge is -2.26. The lowest BCUT2D eigenvalue weighted by molar-refractivity contribution is 0.0679. The van der Waals surface area contributed by atoms with Crippen molar-refractivity contribution < 1.29 is 44.1 Å². The van der Waals surface area contributed by atoms with E-state index >= 15 is 0 Å². The van der Waals surface area contributed by atoms with Crippen LogP contribution in [0.25, 0.3) is 31.3 Å². The summed E-state index contributed by atoms with van der Waals surface area (Å²) in [5, 5.41) is 30.1. The number of aromatic carboxylic acids is 3. The van der Waals surface area contributed by atoms with Crippen LogP contribution < -0.4 is 0 Å². The summed E-state index contributed by atoms with van der Waals surface area (Å²) < 4.78 is 0. The Balaban J connectivity index is 1.24. The molecule has 1 aliphatic heterocycles. The fraction of sp³-hybridized carbons (Fsp3) is 0.312.